The molecule has 0 radical (unpaired) electrons. The second kappa shape index (κ2) is 7.05. The molecule has 0 saturated heterocycles. The molecule has 1 aromatic heterocycles. The van der Waals surface area contributed by atoms with Crippen LogP contribution < -0.4 is 4.72 Å². The minimum absolute atomic E-state index is 0.203. The van der Waals surface area contributed by atoms with Gasteiger partial charge in [-0.05, 0) is 74.9 Å². The van der Waals surface area contributed by atoms with Crippen molar-refractivity contribution in [2.75, 3.05) is 0 Å². The van der Waals surface area contributed by atoms with Gasteiger partial charge in [0.2, 0.25) is 10.0 Å². The van der Waals surface area contributed by atoms with Crippen LogP contribution in [0.1, 0.15) is 29.3 Å². The number of fused-ring (bicyclic) bond motifs is 1. The first kappa shape index (κ1) is 18.4. The third-order valence-corrected chi connectivity index (χ3v) is 8.76. The van der Waals surface area contributed by atoms with Gasteiger partial charge in [0, 0.05) is 24.3 Å². The van der Waals surface area contributed by atoms with Crippen LogP contribution in [-0.4, -0.2) is 8.42 Å². The van der Waals surface area contributed by atoms with E-state index in [-0.39, 0.29) is 10.9 Å². The fraction of sp³-hybridized carbons (Fsp3) is 0.286. The number of benzene rings is 1. The van der Waals surface area contributed by atoms with E-state index in [1.165, 1.54) is 16.2 Å². The summed E-state index contributed by atoms with van der Waals surface area (Å²) in [5.74, 6) is 0. The molecule has 0 bridgehead atoms. The summed E-state index contributed by atoms with van der Waals surface area (Å²) in [6.45, 7) is 0. The molecule has 0 amide bonds. The summed E-state index contributed by atoms with van der Waals surface area (Å²) in [5.41, 5.74) is 0.999. The number of sulfonamides is 1. The molecular formula is C14H11Br3ClNO2S2. The van der Waals surface area contributed by atoms with Crippen LogP contribution >= 0.6 is 70.7 Å². The molecule has 2 aromatic rings. The Morgan fingerprint density at radius 2 is 1.83 bits per heavy atom. The van der Waals surface area contributed by atoms with Gasteiger partial charge in [-0.3, -0.25) is 0 Å². The van der Waals surface area contributed by atoms with Crippen molar-refractivity contribution >= 4 is 80.8 Å². The normalized spacial score (nSPS) is 18.0. The average molecular weight is 565 g/mol. The van der Waals surface area contributed by atoms with Crippen molar-refractivity contribution in [1.29, 1.82) is 0 Å². The summed E-state index contributed by atoms with van der Waals surface area (Å²) in [7, 11) is -3.67. The monoisotopic (exact) mass is 561 g/mol. The Bertz CT molecular complexity index is 844. The predicted octanol–water partition coefficient (Wildman–Crippen LogP) is 6.04. The van der Waals surface area contributed by atoms with Gasteiger partial charge in [-0.2, -0.15) is 0 Å². The van der Waals surface area contributed by atoms with Crippen LogP contribution in [0.4, 0.5) is 0 Å². The maximum absolute atomic E-state index is 12.9. The number of nitrogens with one attached hydrogen (secondary N) is 1. The van der Waals surface area contributed by atoms with Crippen molar-refractivity contribution in [3.8, 4) is 0 Å². The molecule has 1 unspecified atom stereocenters. The first-order valence-electron chi connectivity index (χ1n) is 6.73. The van der Waals surface area contributed by atoms with Crippen LogP contribution in [0.25, 0.3) is 0 Å². The molecule has 1 heterocycles. The van der Waals surface area contributed by atoms with E-state index in [0.717, 1.165) is 29.3 Å². The Morgan fingerprint density at radius 1 is 1.17 bits per heavy atom. The van der Waals surface area contributed by atoms with Gasteiger partial charge in [-0.1, -0.05) is 27.5 Å². The van der Waals surface area contributed by atoms with Crippen LogP contribution in [0, 0.1) is 0 Å². The summed E-state index contributed by atoms with van der Waals surface area (Å²) in [6, 6.07) is 5.06. The summed E-state index contributed by atoms with van der Waals surface area (Å²) in [5, 5.41) is 0. The number of rotatable bonds is 3. The van der Waals surface area contributed by atoms with E-state index < -0.39 is 10.0 Å². The number of hydrogen-bond donors (Lipinski definition) is 1. The topological polar surface area (TPSA) is 46.2 Å². The molecule has 1 aliphatic rings. The van der Waals surface area contributed by atoms with Crippen LogP contribution in [-0.2, 0) is 16.4 Å². The summed E-state index contributed by atoms with van der Waals surface area (Å²) in [6.07, 6.45) is 2.67. The molecule has 0 aliphatic heterocycles. The summed E-state index contributed by atoms with van der Waals surface area (Å²) >= 11 is 17.6. The Kier molecular flexibility index (Phi) is 5.63. The Morgan fingerprint density at radius 3 is 2.48 bits per heavy atom. The van der Waals surface area contributed by atoms with Gasteiger partial charge in [-0.15, -0.1) is 11.3 Å². The number of hydrogen-bond acceptors (Lipinski definition) is 3. The van der Waals surface area contributed by atoms with E-state index >= 15 is 0 Å². The largest absolute Gasteiger partial charge is 0.243 e. The average Bonchev–Trinajstić information content (AvgIpc) is 2.78. The van der Waals surface area contributed by atoms with Gasteiger partial charge in [0.05, 0.1) is 4.34 Å². The predicted molar refractivity (Wildman–Crippen MR) is 105 cm³/mol. The van der Waals surface area contributed by atoms with E-state index in [2.05, 4.69) is 52.5 Å². The quantitative estimate of drug-likeness (QED) is 0.494. The lowest BCUT2D eigenvalue weighted by molar-refractivity contribution is 0.511. The fourth-order valence-electron chi connectivity index (χ4n) is 2.68. The SMILES string of the molecule is O=S(=O)(NC1CCCc2sc(Cl)cc21)c1c(Br)cc(Br)cc1Br. The van der Waals surface area contributed by atoms with E-state index in [1.807, 2.05) is 6.07 Å². The van der Waals surface area contributed by atoms with Crippen molar-refractivity contribution in [2.24, 2.45) is 0 Å². The van der Waals surface area contributed by atoms with E-state index in [9.17, 15) is 8.42 Å². The van der Waals surface area contributed by atoms with Crippen molar-refractivity contribution in [1.82, 2.24) is 4.72 Å². The van der Waals surface area contributed by atoms with Gasteiger partial charge < -0.3 is 0 Å². The van der Waals surface area contributed by atoms with Crippen molar-refractivity contribution < 1.29 is 8.42 Å². The van der Waals surface area contributed by atoms with E-state index in [1.54, 1.807) is 12.1 Å². The Labute approximate surface area is 169 Å². The highest BCUT2D eigenvalue weighted by Gasteiger charge is 2.29. The second-order valence-electron chi connectivity index (χ2n) is 5.19. The first-order chi connectivity index (χ1) is 10.8. The molecule has 1 N–H and O–H groups in total. The number of thiophene rings is 1. The third kappa shape index (κ3) is 3.88. The Balaban J connectivity index is 1.97. The highest BCUT2D eigenvalue weighted by molar-refractivity contribution is 9.11. The Hall–Kier alpha value is 0.560. The molecule has 1 aromatic carbocycles. The van der Waals surface area contributed by atoms with Gasteiger partial charge in [0.25, 0.3) is 0 Å². The maximum atomic E-state index is 12.9. The molecule has 1 aliphatic carbocycles. The van der Waals surface area contributed by atoms with Crippen LogP contribution in [0.3, 0.4) is 0 Å². The van der Waals surface area contributed by atoms with Gasteiger partial charge in [0.1, 0.15) is 4.90 Å². The van der Waals surface area contributed by atoms with Crippen molar-refractivity contribution in [3.05, 3.63) is 46.4 Å². The maximum Gasteiger partial charge on any atom is 0.243 e. The molecule has 0 saturated carbocycles. The van der Waals surface area contributed by atoms with Crippen LogP contribution in [0.15, 0.2) is 36.5 Å². The lowest BCUT2D eigenvalue weighted by Gasteiger charge is -2.24. The molecule has 0 spiro atoms. The van der Waals surface area contributed by atoms with Gasteiger partial charge in [0.15, 0.2) is 0 Å². The highest BCUT2D eigenvalue weighted by atomic mass is 79.9. The van der Waals surface area contributed by atoms with Crippen molar-refractivity contribution in [2.45, 2.75) is 30.2 Å². The zero-order chi connectivity index (χ0) is 16.8. The number of aryl methyl sites for hydroxylation is 1. The van der Waals surface area contributed by atoms with E-state index in [4.69, 9.17) is 11.6 Å². The smallest absolute Gasteiger partial charge is 0.207 e. The third-order valence-electron chi connectivity index (χ3n) is 3.61. The fourth-order valence-corrected chi connectivity index (χ4v) is 8.97. The van der Waals surface area contributed by atoms with Crippen molar-refractivity contribution in [3.63, 3.8) is 0 Å². The molecule has 9 heteroatoms. The number of halogens is 4. The minimum Gasteiger partial charge on any atom is -0.207 e. The molecule has 124 valence electrons. The van der Waals surface area contributed by atoms with Crippen LogP contribution in [0.5, 0.6) is 0 Å². The second-order valence-corrected chi connectivity index (χ2v) is 11.2. The van der Waals surface area contributed by atoms with Gasteiger partial charge >= 0.3 is 0 Å². The lowest BCUT2D eigenvalue weighted by atomic mass is 9.95. The molecule has 3 nitrogen and oxygen atoms in total. The molecular weight excluding hydrogens is 553 g/mol. The standard InChI is InChI=1S/C14H11Br3ClNO2S2/c15-7-4-9(16)14(10(17)5-7)23(20,21)19-11-2-1-3-12-8(11)6-13(18)22-12/h4-6,11,19H,1-3H2. The molecule has 1 atom stereocenters. The first-order valence-corrected chi connectivity index (χ1v) is 11.8. The van der Waals surface area contributed by atoms with Crippen LogP contribution in [0.2, 0.25) is 4.34 Å². The van der Waals surface area contributed by atoms with Gasteiger partial charge in [-0.25, -0.2) is 13.1 Å². The highest BCUT2D eigenvalue weighted by Crippen LogP contribution is 2.40. The zero-order valence-electron chi connectivity index (χ0n) is 11.6. The lowest BCUT2D eigenvalue weighted by Crippen LogP contribution is -2.31. The minimum atomic E-state index is -3.67. The zero-order valence-corrected chi connectivity index (χ0v) is 18.7. The van der Waals surface area contributed by atoms with E-state index in [0.29, 0.717) is 13.3 Å². The molecule has 23 heavy (non-hydrogen) atoms. The molecule has 0 fully saturated rings. The molecule has 3 rings (SSSR count). The summed E-state index contributed by atoms with van der Waals surface area (Å²) in [4.78, 5) is 1.37. The summed E-state index contributed by atoms with van der Waals surface area (Å²) < 4.78 is 31.0.